The van der Waals surface area contributed by atoms with Gasteiger partial charge in [0.1, 0.15) is 0 Å². The van der Waals surface area contributed by atoms with Crippen molar-refractivity contribution in [3.8, 4) is 0 Å². The van der Waals surface area contributed by atoms with Gasteiger partial charge in [0.2, 0.25) is 0 Å². The lowest BCUT2D eigenvalue weighted by Crippen LogP contribution is -2.45. The van der Waals surface area contributed by atoms with Crippen molar-refractivity contribution in [2.75, 3.05) is 13.2 Å². The highest BCUT2D eigenvalue weighted by Gasteiger charge is 2.32. The Bertz CT molecular complexity index is 219. The van der Waals surface area contributed by atoms with Crippen LogP contribution in [0.5, 0.6) is 0 Å². The summed E-state index contributed by atoms with van der Waals surface area (Å²) in [5.74, 6) is 0.698. The molecule has 0 spiro atoms. The summed E-state index contributed by atoms with van der Waals surface area (Å²) in [6, 6.07) is 0.553. The lowest BCUT2D eigenvalue weighted by molar-refractivity contribution is -0.0691. The van der Waals surface area contributed by atoms with Crippen molar-refractivity contribution in [3.63, 3.8) is 0 Å². The van der Waals surface area contributed by atoms with Gasteiger partial charge in [0, 0.05) is 19.2 Å². The molecule has 0 aliphatic heterocycles. The van der Waals surface area contributed by atoms with E-state index in [1.165, 1.54) is 51.4 Å². The number of hydrogen-bond acceptors (Lipinski definition) is 2. The molecule has 0 heterocycles. The minimum atomic E-state index is 0.114. The normalized spacial score (nSPS) is 21.3. The summed E-state index contributed by atoms with van der Waals surface area (Å²) in [5, 5.41) is 3.61. The standard InChI is InChI=1S/C17H35NO/c1-5-10-16(4)13-19-17(14-18-15(2)3)11-8-6-7-9-12-17/h15-16,18H,5-14H2,1-4H3. The highest BCUT2D eigenvalue weighted by molar-refractivity contribution is 4.86. The maximum Gasteiger partial charge on any atom is 0.0806 e. The minimum Gasteiger partial charge on any atom is -0.373 e. The van der Waals surface area contributed by atoms with E-state index in [0.717, 1.165) is 13.2 Å². The third-order valence-corrected chi connectivity index (χ3v) is 4.30. The van der Waals surface area contributed by atoms with Crippen LogP contribution in [0.25, 0.3) is 0 Å². The Kier molecular flexibility index (Phi) is 8.01. The van der Waals surface area contributed by atoms with Crippen LogP contribution < -0.4 is 5.32 Å². The average Bonchev–Trinajstić information content (AvgIpc) is 2.61. The van der Waals surface area contributed by atoms with E-state index in [2.05, 4.69) is 33.0 Å². The topological polar surface area (TPSA) is 21.3 Å². The van der Waals surface area contributed by atoms with Gasteiger partial charge >= 0.3 is 0 Å². The Balaban J connectivity index is 2.51. The van der Waals surface area contributed by atoms with E-state index in [1.54, 1.807) is 0 Å². The van der Waals surface area contributed by atoms with E-state index in [1.807, 2.05) is 0 Å². The Morgan fingerprint density at radius 1 is 1.05 bits per heavy atom. The van der Waals surface area contributed by atoms with Crippen LogP contribution >= 0.6 is 0 Å². The minimum absolute atomic E-state index is 0.114. The predicted octanol–water partition coefficient (Wildman–Crippen LogP) is 4.53. The Labute approximate surface area is 120 Å². The summed E-state index contributed by atoms with van der Waals surface area (Å²) in [6.45, 7) is 11.0. The highest BCUT2D eigenvalue weighted by Crippen LogP contribution is 2.31. The van der Waals surface area contributed by atoms with Crippen LogP contribution in [0, 0.1) is 5.92 Å². The molecule has 1 rings (SSSR count). The predicted molar refractivity (Wildman–Crippen MR) is 83.6 cm³/mol. The summed E-state index contributed by atoms with van der Waals surface area (Å²) in [4.78, 5) is 0. The molecule has 0 aromatic heterocycles. The van der Waals surface area contributed by atoms with E-state index in [-0.39, 0.29) is 5.60 Å². The van der Waals surface area contributed by atoms with Crippen LogP contribution in [-0.4, -0.2) is 24.8 Å². The second-order valence-corrected chi connectivity index (χ2v) is 6.84. The second-order valence-electron chi connectivity index (χ2n) is 6.84. The first-order chi connectivity index (χ1) is 9.08. The third kappa shape index (κ3) is 6.76. The average molecular weight is 269 g/mol. The molecule has 0 aromatic rings. The molecule has 1 N–H and O–H groups in total. The van der Waals surface area contributed by atoms with Crippen molar-refractivity contribution >= 4 is 0 Å². The zero-order valence-electron chi connectivity index (χ0n) is 13.6. The zero-order valence-corrected chi connectivity index (χ0v) is 13.6. The van der Waals surface area contributed by atoms with Gasteiger partial charge in [-0.15, -0.1) is 0 Å². The first-order valence-corrected chi connectivity index (χ1v) is 8.45. The summed E-state index contributed by atoms with van der Waals surface area (Å²) >= 11 is 0. The van der Waals surface area contributed by atoms with Crippen molar-refractivity contribution in [2.24, 2.45) is 5.92 Å². The molecule has 0 radical (unpaired) electrons. The molecule has 2 heteroatoms. The van der Waals surface area contributed by atoms with E-state index in [0.29, 0.717) is 12.0 Å². The fourth-order valence-electron chi connectivity index (χ4n) is 3.03. The van der Waals surface area contributed by atoms with Gasteiger partial charge in [-0.05, 0) is 25.2 Å². The molecule has 1 fully saturated rings. The van der Waals surface area contributed by atoms with Gasteiger partial charge < -0.3 is 10.1 Å². The molecule has 1 aliphatic rings. The first-order valence-electron chi connectivity index (χ1n) is 8.45. The number of hydrogen-bond donors (Lipinski definition) is 1. The molecule has 0 aromatic carbocycles. The van der Waals surface area contributed by atoms with Crippen LogP contribution in [0.2, 0.25) is 0 Å². The van der Waals surface area contributed by atoms with Crippen LogP contribution in [0.3, 0.4) is 0 Å². The SMILES string of the molecule is CCCC(C)COC1(CNC(C)C)CCCCCC1. The maximum absolute atomic E-state index is 6.45. The van der Waals surface area contributed by atoms with Crippen molar-refractivity contribution < 1.29 is 4.74 Å². The van der Waals surface area contributed by atoms with E-state index in [4.69, 9.17) is 4.74 Å². The smallest absolute Gasteiger partial charge is 0.0806 e. The molecule has 0 bridgehead atoms. The molecule has 114 valence electrons. The maximum atomic E-state index is 6.45. The van der Waals surface area contributed by atoms with Crippen LogP contribution in [0.1, 0.15) is 79.1 Å². The van der Waals surface area contributed by atoms with Gasteiger partial charge in [-0.25, -0.2) is 0 Å². The molecule has 2 nitrogen and oxygen atoms in total. The van der Waals surface area contributed by atoms with Gasteiger partial charge in [0.15, 0.2) is 0 Å². The Morgan fingerprint density at radius 2 is 1.68 bits per heavy atom. The molecule has 0 amide bonds. The lowest BCUT2D eigenvalue weighted by Gasteiger charge is -2.35. The fourth-order valence-corrected chi connectivity index (χ4v) is 3.03. The number of rotatable bonds is 8. The van der Waals surface area contributed by atoms with Crippen LogP contribution in [0.4, 0.5) is 0 Å². The van der Waals surface area contributed by atoms with Crippen molar-refractivity contribution in [1.82, 2.24) is 5.32 Å². The molecular weight excluding hydrogens is 234 g/mol. The van der Waals surface area contributed by atoms with Gasteiger partial charge in [-0.1, -0.05) is 59.8 Å². The van der Waals surface area contributed by atoms with Gasteiger partial charge in [-0.3, -0.25) is 0 Å². The second kappa shape index (κ2) is 8.97. The Hall–Kier alpha value is -0.0800. The van der Waals surface area contributed by atoms with E-state index >= 15 is 0 Å². The molecule has 1 unspecified atom stereocenters. The monoisotopic (exact) mass is 269 g/mol. The van der Waals surface area contributed by atoms with Gasteiger partial charge in [0.05, 0.1) is 5.60 Å². The fraction of sp³-hybridized carbons (Fsp3) is 1.00. The first kappa shape index (κ1) is 17.0. The molecule has 19 heavy (non-hydrogen) atoms. The number of nitrogens with one attached hydrogen (secondary N) is 1. The summed E-state index contributed by atoms with van der Waals surface area (Å²) in [7, 11) is 0. The van der Waals surface area contributed by atoms with Crippen molar-refractivity contribution in [2.45, 2.75) is 90.7 Å². The molecule has 1 atom stereocenters. The van der Waals surface area contributed by atoms with Gasteiger partial charge in [-0.2, -0.15) is 0 Å². The third-order valence-electron chi connectivity index (χ3n) is 4.30. The van der Waals surface area contributed by atoms with E-state index < -0.39 is 0 Å². The van der Waals surface area contributed by atoms with Crippen molar-refractivity contribution in [1.29, 1.82) is 0 Å². The lowest BCUT2D eigenvalue weighted by atomic mass is 9.93. The highest BCUT2D eigenvalue weighted by atomic mass is 16.5. The van der Waals surface area contributed by atoms with Crippen LogP contribution in [-0.2, 0) is 4.74 Å². The molecule has 0 saturated heterocycles. The van der Waals surface area contributed by atoms with Crippen molar-refractivity contribution in [3.05, 3.63) is 0 Å². The summed E-state index contributed by atoms with van der Waals surface area (Å²) in [6.07, 6.45) is 10.5. The zero-order chi connectivity index (χ0) is 14.1. The molecule has 1 aliphatic carbocycles. The number of ether oxygens (including phenoxy) is 1. The Morgan fingerprint density at radius 3 is 2.21 bits per heavy atom. The molecule has 1 saturated carbocycles. The molecular formula is C17H35NO. The largest absolute Gasteiger partial charge is 0.373 e. The van der Waals surface area contributed by atoms with E-state index in [9.17, 15) is 0 Å². The quantitative estimate of drug-likeness (QED) is 0.654. The summed E-state index contributed by atoms with van der Waals surface area (Å²) < 4.78 is 6.45. The summed E-state index contributed by atoms with van der Waals surface area (Å²) in [5.41, 5.74) is 0.114. The van der Waals surface area contributed by atoms with Crippen LogP contribution in [0.15, 0.2) is 0 Å². The van der Waals surface area contributed by atoms with Gasteiger partial charge in [0.25, 0.3) is 0 Å².